The Hall–Kier alpha value is -1.32. The maximum absolute atomic E-state index is 3.59. The molecule has 2 nitrogen and oxygen atoms in total. The lowest BCUT2D eigenvalue weighted by Gasteiger charge is -2.20. The van der Waals surface area contributed by atoms with Crippen LogP contribution in [0.4, 0.5) is 5.69 Å². The first-order valence-electron chi connectivity index (χ1n) is 7.79. The number of aryl methyl sites for hydroxylation is 1. The van der Waals surface area contributed by atoms with Crippen molar-refractivity contribution < 1.29 is 0 Å². The SMILES string of the molecule is Cc1cc(N(C)CCc2cccs2)ccc1CNC1CC1. The van der Waals surface area contributed by atoms with E-state index < -0.39 is 0 Å². The van der Waals surface area contributed by atoms with Gasteiger partial charge in [-0.05, 0) is 60.9 Å². The number of anilines is 1. The molecule has 0 spiro atoms. The van der Waals surface area contributed by atoms with Crippen LogP contribution in [-0.4, -0.2) is 19.6 Å². The molecule has 1 fully saturated rings. The Bertz CT molecular complexity index is 573. The molecule has 3 rings (SSSR count). The fourth-order valence-electron chi connectivity index (χ4n) is 2.52. The molecule has 1 heterocycles. The predicted octanol–water partition coefficient (Wildman–Crippen LogP) is 3.99. The largest absolute Gasteiger partial charge is 0.374 e. The van der Waals surface area contributed by atoms with Crippen molar-refractivity contribution in [3.8, 4) is 0 Å². The van der Waals surface area contributed by atoms with Crippen LogP contribution >= 0.6 is 11.3 Å². The fourth-order valence-corrected chi connectivity index (χ4v) is 3.22. The number of thiophene rings is 1. The van der Waals surface area contributed by atoms with Crippen LogP contribution in [0, 0.1) is 6.92 Å². The molecule has 1 aliphatic carbocycles. The third-order valence-electron chi connectivity index (χ3n) is 4.20. The Balaban J connectivity index is 1.57. The monoisotopic (exact) mass is 300 g/mol. The molecule has 0 radical (unpaired) electrons. The number of hydrogen-bond donors (Lipinski definition) is 1. The molecule has 0 atom stereocenters. The molecule has 1 saturated carbocycles. The van der Waals surface area contributed by atoms with E-state index in [9.17, 15) is 0 Å². The second-order valence-corrected chi connectivity index (χ2v) is 7.05. The smallest absolute Gasteiger partial charge is 0.0366 e. The Morgan fingerprint density at radius 1 is 1.29 bits per heavy atom. The normalized spacial score (nSPS) is 14.4. The van der Waals surface area contributed by atoms with Crippen molar-refractivity contribution in [3.63, 3.8) is 0 Å². The molecule has 0 bridgehead atoms. The first-order chi connectivity index (χ1) is 10.2. The first-order valence-corrected chi connectivity index (χ1v) is 8.67. The quantitative estimate of drug-likeness (QED) is 0.832. The maximum Gasteiger partial charge on any atom is 0.0366 e. The maximum atomic E-state index is 3.59. The van der Waals surface area contributed by atoms with Crippen molar-refractivity contribution in [1.29, 1.82) is 0 Å². The van der Waals surface area contributed by atoms with Gasteiger partial charge in [0.25, 0.3) is 0 Å². The topological polar surface area (TPSA) is 15.3 Å². The van der Waals surface area contributed by atoms with Gasteiger partial charge in [0.2, 0.25) is 0 Å². The molecule has 3 heteroatoms. The Kier molecular flexibility index (Phi) is 4.61. The molecule has 1 aromatic carbocycles. The lowest BCUT2D eigenvalue weighted by atomic mass is 10.1. The van der Waals surface area contributed by atoms with Gasteiger partial charge in [0, 0.05) is 36.7 Å². The molecular weight excluding hydrogens is 276 g/mol. The molecule has 2 aromatic rings. The van der Waals surface area contributed by atoms with Crippen molar-refractivity contribution in [2.24, 2.45) is 0 Å². The van der Waals surface area contributed by atoms with Gasteiger partial charge in [-0.3, -0.25) is 0 Å². The summed E-state index contributed by atoms with van der Waals surface area (Å²) in [5, 5.41) is 5.75. The molecule has 112 valence electrons. The van der Waals surface area contributed by atoms with Gasteiger partial charge in [-0.2, -0.15) is 0 Å². The van der Waals surface area contributed by atoms with Crippen molar-refractivity contribution in [1.82, 2.24) is 5.32 Å². The first kappa shape index (κ1) is 14.6. The summed E-state index contributed by atoms with van der Waals surface area (Å²) in [4.78, 5) is 3.81. The summed E-state index contributed by atoms with van der Waals surface area (Å²) in [6.07, 6.45) is 3.82. The molecule has 0 amide bonds. The van der Waals surface area contributed by atoms with Gasteiger partial charge >= 0.3 is 0 Å². The van der Waals surface area contributed by atoms with Crippen LogP contribution in [-0.2, 0) is 13.0 Å². The highest BCUT2D eigenvalue weighted by molar-refractivity contribution is 7.09. The highest BCUT2D eigenvalue weighted by Gasteiger charge is 2.20. The Morgan fingerprint density at radius 2 is 2.14 bits per heavy atom. The summed E-state index contributed by atoms with van der Waals surface area (Å²) in [5.41, 5.74) is 4.14. The number of likely N-dealkylation sites (N-methyl/N-ethyl adjacent to an activating group) is 1. The predicted molar refractivity (Wildman–Crippen MR) is 92.3 cm³/mol. The second-order valence-electron chi connectivity index (χ2n) is 6.02. The standard InChI is InChI=1S/C18H24N2S/c1-14-12-17(8-5-15(14)13-19-16-6-7-16)20(2)10-9-18-4-3-11-21-18/h3-5,8,11-12,16,19H,6-7,9-10,13H2,1-2H3. The lowest BCUT2D eigenvalue weighted by molar-refractivity contribution is 0.685. The van der Waals surface area contributed by atoms with E-state index in [2.05, 4.69) is 59.9 Å². The Labute approximate surface area is 131 Å². The lowest BCUT2D eigenvalue weighted by Crippen LogP contribution is -2.20. The van der Waals surface area contributed by atoms with Crippen LogP contribution in [0.15, 0.2) is 35.7 Å². The van der Waals surface area contributed by atoms with Gasteiger partial charge < -0.3 is 10.2 Å². The summed E-state index contributed by atoms with van der Waals surface area (Å²) >= 11 is 1.85. The number of nitrogens with one attached hydrogen (secondary N) is 1. The van der Waals surface area contributed by atoms with E-state index in [-0.39, 0.29) is 0 Å². The summed E-state index contributed by atoms with van der Waals surface area (Å²) in [6.45, 7) is 4.30. The average molecular weight is 300 g/mol. The Morgan fingerprint density at radius 3 is 2.81 bits per heavy atom. The number of nitrogens with zero attached hydrogens (tertiary/aromatic N) is 1. The van der Waals surface area contributed by atoms with Crippen LogP contribution in [0.3, 0.4) is 0 Å². The molecule has 1 aromatic heterocycles. The molecule has 21 heavy (non-hydrogen) atoms. The van der Waals surface area contributed by atoms with E-state index in [0.717, 1.165) is 25.6 Å². The van der Waals surface area contributed by atoms with E-state index in [0.29, 0.717) is 0 Å². The van der Waals surface area contributed by atoms with Gasteiger partial charge in [-0.1, -0.05) is 12.1 Å². The van der Waals surface area contributed by atoms with Gasteiger partial charge in [0.05, 0.1) is 0 Å². The van der Waals surface area contributed by atoms with Crippen molar-refractivity contribution in [3.05, 3.63) is 51.7 Å². The van der Waals surface area contributed by atoms with Crippen molar-refractivity contribution in [2.75, 3.05) is 18.5 Å². The molecule has 0 aliphatic heterocycles. The van der Waals surface area contributed by atoms with E-state index in [1.807, 2.05) is 11.3 Å². The zero-order chi connectivity index (χ0) is 14.7. The minimum atomic E-state index is 0.776. The van der Waals surface area contributed by atoms with Crippen LogP contribution in [0.2, 0.25) is 0 Å². The third-order valence-corrected chi connectivity index (χ3v) is 5.14. The highest BCUT2D eigenvalue weighted by Crippen LogP contribution is 2.22. The van der Waals surface area contributed by atoms with Crippen LogP contribution in [0.1, 0.15) is 28.8 Å². The van der Waals surface area contributed by atoms with Crippen molar-refractivity contribution >= 4 is 17.0 Å². The van der Waals surface area contributed by atoms with Crippen LogP contribution in [0.5, 0.6) is 0 Å². The van der Waals surface area contributed by atoms with E-state index in [4.69, 9.17) is 0 Å². The van der Waals surface area contributed by atoms with E-state index >= 15 is 0 Å². The summed E-state index contributed by atoms with van der Waals surface area (Å²) < 4.78 is 0. The van der Waals surface area contributed by atoms with Crippen LogP contribution < -0.4 is 10.2 Å². The minimum absolute atomic E-state index is 0.776. The van der Waals surface area contributed by atoms with Crippen molar-refractivity contribution in [2.45, 2.75) is 38.8 Å². The number of hydrogen-bond acceptors (Lipinski definition) is 3. The van der Waals surface area contributed by atoms with Crippen LogP contribution in [0.25, 0.3) is 0 Å². The molecule has 1 N–H and O–H groups in total. The summed E-state index contributed by atoms with van der Waals surface area (Å²) in [6, 6.07) is 12.0. The number of rotatable bonds is 7. The molecular formula is C18H24N2S. The molecule has 0 unspecified atom stereocenters. The second kappa shape index (κ2) is 6.63. The van der Waals surface area contributed by atoms with Gasteiger partial charge in [-0.15, -0.1) is 11.3 Å². The molecule has 1 aliphatic rings. The van der Waals surface area contributed by atoms with E-state index in [1.54, 1.807) is 0 Å². The van der Waals surface area contributed by atoms with Gasteiger partial charge in [0.15, 0.2) is 0 Å². The van der Waals surface area contributed by atoms with E-state index in [1.165, 1.54) is 34.5 Å². The zero-order valence-corrected chi connectivity index (χ0v) is 13.7. The highest BCUT2D eigenvalue weighted by atomic mass is 32.1. The molecule has 0 saturated heterocycles. The average Bonchev–Trinajstić information content (AvgIpc) is 3.17. The number of benzene rings is 1. The third kappa shape index (κ3) is 4.08. The van der Waals surface area contributed by atoms with Gasteiger partial charge in [0.1, 0.15) is 0 Å². The summed E-state index contributed by atoms with van der Waals surface area (Å²) in [7, 11) is 2.19. The zero-order valence-electron chi connectivity index (χ0n) is 12.9. The fraction of sp³-hybridized carbons (Fsp3) is 0.444. The summed E-state index contributed by atoms with van der Waals surface area (Å²) in [5.74, 6) is 0. The minimum Gasteiger partial charge on any atom is -0.374 e. The van der Waals surface area contributed by atoms with Gasteiger partial charge in [-0.25, -0.2) is 0 Å².